The van der Waals surface area contributed by atoms with Crippen LogP contribution >= 0.6 is 11.8 Å². The molecular weight excluding hydrogens is 529 g/mol. The molecule has 0 N–H and O–H groups in total. The average molecular weight is 557 g/mol. The SMILES string of the molecule is c1ccc([S+](c2ccccc2)c2cccc(Sc3cccc([S+](c4ccccc4)c4ccccc4)c3)c2)cc1. The average Bonchev–Trinajstić information content (AvgIpc) is 3.00. The molecular formula is C36H28S3+2. The van der Waals surface area contributed by atoms with Crippen LogP contribution in [0, 0.1) is 0 Å². The molecule has 6 aromatic rings. The molecule has 0 heterocycles. The maximum absolute atomic E-state index is 2.37. The maximum Gasteiger partial charge on any atom is 0.167 e. The molecule has 0 aliphatic heterocycles. The Morgan fingerprint density at radius 1 is 0.282 bits per heavy atom. The van der Waals surface area contributed by atoms with Crippen molar-refractivity contribution in [1.82, 2.24) is 0 Å². The fourth-order valence-electron chi connectivity index (χ4n) is 4.51. The third-order valence-corrected chi connectivity index (χ3v) is 11.6. The minimum atomic E-state index is -0.156. The summed E-state index contributed by atoms with van der Waals surface area (Å²) in [5, 5.41) is 0. The van der Waals surface area contributed by atoms with E-state index in [1.54, 1.807) is 0 Å². The van der Waals surface area contributed by atoms with E-state index in [0.29, 0.717) is 0 Å². The van der Waals surface area contributed by atoms with Crippen LogP contribution in [0.1, 0.15) is 0 Å². The molecule has 0 bridgehead atoms. The fraction of sp³-hybridized carbons (Fsp3) is 0. The third-order valence-electron chi connectivity index (χ3n) is 6.23. The summed E-state index contributed by atoms with van der Waals surface area (Å²) < 4.78 is 0. The first-order valence-corrected chi connectivity index (χ1v) is 16.2. The molecule has 0 aliphatic carbocycles. The minimum Gasteiger partial charge on any atom is -0.0897 e. The zero-order valence-corrected chi connectivity index (χ0v) is 23.8. The first-order valence-electron chi connectivity index (χ1n) is 12.9. The van der Waals surface area contributed by atoms with Gasteiger partial charge in [-0.1, -0.05) is 96.7 Å². The smallest absolute Gasteiger partial charge is 0.0897 e. The molecule has 6 aromatic carbocycles. The van der Waals surface area contributed by atoms with Crippen LogP contribution in [-0.4, -0.2) is 0 Å². The first-order chi connectivity index (χ1) is 19.3. The summed E-state index contributed by atoms with van der Waals surface area (Å²) in [5.41, 5.74) is 0. The van der Waals surface area contributed by atoms with Gasteiger partial charge in [-0.05, 0) is 72.8 Å². The van der Waals surface area contributed by atoms with Gasteiger partial charge in [-0.15, -0.1) is 0 Å². The van der Waals surface area contributed by atoms with E-state index in [1.165, 1.54) is 39.2 Å². The van der Waals surface area contributed by atoms with Gasteiger partial charge in [0.15, 0.2) is 29.4 Å². The van der Waals surface area contributed by atoms with Gasteiger partial charge >= 0.3 is 0 Å². The fourth-order valence-corrected chi connectivity index (χ4v) is 9.86. The molecule has 0 radical (unpaired) electrons. The van der Waals surface area contributed by atoms with Crippen LogP contribution in [0.25, 0.3) is 0 Å². The Kier molecular flexibility index (Phi) is 8.21. The molecule has 0 amide bonds. The van der Waals surface area contributed by atoms with Crippen molar-refractivity contribution in [3.8, 4) is 0 Å². The van der Waals surface area contributed by atoms with Gasteiger partial charge in [-0.2, -0.15) is 0 Å². The molecule has 0 aliphatic rings. The van der Waals surface area contributed by atoms with Crippen LogP contribution in [0.5, 0.6) is 0 Å². The van der Waals surface area contributed by atoms with Crippen LogP contribution in [-0.2, 0) is 21.8 Å². The third kappa shape index (κ3) is 6.17. The van der Waals surface area contributed by atoms with E-state index >= 15 is 0 Å². The largest absolute Gasteiger partial charge is 0.167 e. The second-order valence-electron chi connectivity index (χ2n) is 8.92. The number of hydrogen-bond acceptors (Lipinski definition) is 1. The van der Waals surface area contributed by atoms with Crippen molar-refractivity contribution in [3.63, 3.8) is 0 Å². The standard InChI is InChI=1S/C36H28S3/c1-5-17-31(18-6-1)38(32-19-7-2-8-20-32)35-25-13-15-29(27-35)37-30-16-14-26-36(28-30)39(33-21-9-3-10-22-33)34-23-11-4-12-24-34/h1-28H/q+2. The van der Waals surface area contributed by atoms with Crippen LogP contribution in [0.3, 0.4) is 0 Å². The van der Waals surface area contributed by atoms with E-state index in [-0.39, 0.29) is 21.8 Å². The van der Waals surface area contributed by atoms with Gasteiger partial charge in [-0.25, -0.2) is 0 Å². The zero-order valence-electron chi connectivity index (χ0n) is 21.4. The molecule has 6 rings (SSSR count). The number of rotatable bonds is 8. The lowest BCUT2D eigenvalue weighted by atomic mass is 10.3. The monoisotopic (exact) mass is 556 g/mol. The van der Waals surface area contributed by atoms with Gasteiger partial charge in [0, 0.05) is 21.9 Å². The van der Waals surface area contributed by atoms with Crippen LogP contribution < -0.4 is 0 Å². The van der Waals surface area contributed by atoms with Gasteiger partial charge in [0.05, 0.1) is 21.8 Å². The summed E-state index contributed by atoms with van der Waals surface area (Å²) in [6, 6.07) is 61.6. The summed E-state index contributed by atoms with van der Waals surface area (Å²) >= 11 is 1.84. The van der Waals surface area contributed by atoms with E-state index in [4.69, 9.17) is 0 Å². The number of benzene rings is 6. The Morgan fingerprint density at radius 2 is 0.564 bits per heavy atom. The van der Waals surface area contributed by atoms with Crippen molar-refractivity contribution in [1.29, 1.82) is 0 Å². The second kappa shape index (κ2) is 12.5. The molecule has 0 nitrogen and oxygen atoms in total. The van der Waals surface area contributed by atoms with Crippen molar-refractivity contribution in [2.24, 2.45) is 0 Å². The van der Waals surface area contributed by atoms with Crippen molar-refractivity contribution in [2.75, 3.05) is 0 Å². The van der Waals surface area contributed by atoms with E-state index in [2.05, 4.69) is 170 Å². The summed E-state index contributed by atoms with van der Waals surface area (Å²) in [6.07, 6.45) is 0. The van der Waals surface area contributed by atoms with Crippen molar-refractivity contribution < 1.29 is 0 Å². The molecule has 3 heteroatoms. The topological polar surface area (TPSA) is 0 Å². The number of hydrogen-bond donors (Lipinski definition) is 0. The molecule has 0 saturated carbocycles. The zero-order chi connectivity index (χ0) is 26.3. The van der Waals surface area contributed by atoms with Crippen molar-refractivity contribution >= 4 is 33.6 Å². The molecule has 0 unspecified atom stereocenters. The summed E-state index contributed by atoms with van der Waals surface area (Å²) in [7, 11) is -0.313. The highest BCUT2D eigenvalue weighted by atomic mass is 32.2. The molecule has 0 aromatic heterocycles. The molecule has 0 atom stereocenters. The van der Waals surface area contributed by atoms with E-state index in [0.717, 1.165) is 0 Å². The van der Waals surface area contributed by atoms with Gasteiger partial charge in [0.25, 0.3) is 0 Å². The maximum atomic E-state index is 2.37. The predicted octanol–water partition coefficient (Wildman–Crippen LogP) is 10.0. The second-order valence-corrected chi connectivity index (χ2v) is 14.1. The van der Waals surface area contributed by atoms with Crippen LogP contribution in [0.4, 0.5) is 0 Å². The summed E-state index contributed by atoms with van der Waals surface area (Å²) in [4.78, 5) is 10.5. The van der Waals surface area contributed by atoms with Gasteiger partial charge in [0.1, 0.15) is 0 Å². The normalized spacial score (nSPS) is 11.1. The highest BCUT2D eigenvalue weighted by molar-refractivity contribution is 7.99. The minimum absolute atomic E-state index is 0.156. The Balaban J connectivity index is 1.34. The lowest BCUT2D eigenvalue weighted by Gasteiger charge is -2.10. The molecule has 0 fully saturated rings. The first kappa shape index (κ1) is 25.6. The molecule has 39 heavy (non-hydrogen) atoms. The molecule has 0 saturated heterocycles. The summed E-state index contributed by atoms with van der Waals surface area (Å²) in [5.74, 6) is 0. The lowest BCUT2D eigenvalue weighted by Crippen LogP contribution is -2.05. The Labute approximate surface area is 241 Å². The highest BCUT2D eigenvalue weighted by Crippen LogP contribution is 2.37. The molecule has 188 valence electrons. The predicted molar refractivity (Wildman–Crippen MR) is 167 cm³/mol. The van der Waals surface area contributed by atoms with Crippen molar-refractivity contribution in [2.45, 2.75) is 39.2 Å². The Hall–Kier alpha value is -3.63. The quantitative estimate of drug-likeness (QED) is 0.168. The Bertz CT molecular complexity index is 1410. The van der Waals surface area contributed by atoms with Crippen LogP contribution in [0.2, 0.25) is 0 Å². The summed E-state index contributed by atoms with van der Waals surface area (Å²) in [6.45, 7) is 0. The van der Waals surface area contributed by atoms with Crippen LogP contribution in [0.15, 0.2) is 209 Å². The Morgan fingerprint density at radius 3 is 0.872 bits per heavy atom. The van der Waals surface area contributed by atoms with Gasteiger partial charge < -0.3 is 0 Å². The van der Waals surface area contributed by atoms with Gasteiger partial charge in [0.2, 0.25) is 0 Å². The highest BCUT2D eigenvalue weighted by Gasteiger charge is 2.30. The lowest BCUT2D eigenvalue weighted by molar-refractivity contribution is 1.25. The van der Waals surface area contributed by atoms with E-state index < -0.39 is 0 Å². The van der Waals surface area contributed by atoms with Gasteiger partial charge in [-0.3, -0.25) is 0 Å². The molecule has 0 spiro atoms. The van der Waals surface area contributed by atoms with E-state index in [1.807, 2.05) is 11.8 Å². The van der Waals surface area contributed by atoms with E-state index in [9.17, 15) is 0 Å². The van der Waals surface area contributed by atoms with Crippen molar-refractivity contribution in [3.05, 3.63) is 170 Å².